The molecule has 23 heavy (non-hydrogen) atoms. The maximum atomic E-state index is 11.7. The molecule has 7 heteroatoms. The number of hydrogen-bond acceptors (Lipinski definition) is 5. The molecule has 0 unspecified atom stereocenters. The fraction of sp³-hybridized carbons (Fsp3) is 0.500. The van der Waals surface area contributed by atoms with Crippen LogP contribution in [0, 0.1) is 5.41 Å². The lowest BCUT2D eigenvalue weighted by Crippen LogP contribution is -2.36. The molecule has 0 aliphatic rings. The van der Waals surface area contributed by atoms with Gasteiger partial charge in [-0.2, -0.15) is 0 Å². The molecule has 0 spiro atoms. The molecular formula is C16H24ClN3O3. The third-order valence-electron chi connectivity index (χ3n) is 3.58. The van der Waals surface area contributed by atoms with Crippen LogP contribution in [-0.4, -0.2) is 32.1 Å². The summed E-state index contributed by atoms with van der Waals surface area (Å²) in [6.45, 7) is 6.01. The molecule has 0 aliphatic carbocycles. The van der Waals surface area contributed by atoms with Crippen LogP contribution in [0.3, 0.4) is 0 Å². The number of methoxy groups -OCH3 is 1. The van der Waals surface area contributed by atoms with Crippen molar-refractivity contribution in [2.45, 2.75) is 33.2 Å². The molecule has 0 aromatic heterocycles. The molecule has 1 rings (SSSR count). The van der Waals surface area contributed by atoms with Crippen LogP contribution in [0.4, 0.5) is 11.4 Å². The minimum Gasteiger partial charge on any atom is -0.469 e. The number of rotatable bonds is 5. The minimum atomic E-state index is -0.316. The molecular weight excluding hydrogens is 318 g/mol. The Morgan fingerprint density at radius 1 is 1.35 bits per heavy atom. The van der Waals surface area contributed by atoms with E-state index < -0.39 is 0 Å². The number of benzene rings is 1. The standard InChI is InChI=1S/C16H24ClN3O3/c1-16(2,3)13(8-14(21)23-5)20-12-7-10(17)9(6-11(12)18)15(22)19-4/h6-7,13,20H,8,18H2,1-5H3,(H,19,22)/t13-/m0/s1. The molecule has 0 saturated carbocycles. The zero-order chi connectivity index (χ0) is 17.8. The van der Waals surface area contributed by atoms with E-state index in [0.717, 1.165) is 0 Å². The lowest BCUT2D eigenvalue weighted by molar-refractivity contribution is -0.141. The minimum absolute atomic E-state index is 0.189. The number of nitrogens with one attached hydrogen (secondary N) is 2. The van der Waals surface area contributed by atoms with Gasteiger partial charge in [-0.15, -0.1) is 0 Å². The summed E-state index contributed by atoms with van der Waals surface area (Å²) in [7, 11) is 2.87. The van der Waals surface area contributed by atoms with Crippen LogP contribution < -0.4 is 16.4 Å². The van der Waals surface area contributed by atoms with Gasteiger partial charge in [0.2, 0.25) is 0 Å². The quantitative estimate of drug-likeness (QED) is 0.565. The molecule has 1 aromatic rings. The van der Waals surface area contributed by atoms with Gasteiger partial charge in [0.25, 0.3) is 5.91 Å². The van der Waals surface area contributed by atoms with Crippen LogP contribution in [0.25, 0.3) is 0 Å². The molecule has 0 radical (unpaired) electrons. The fourth-order valence-electron chi connectivity index (χ4n) is 2.04. The number of nitrogen functional groups attached to an aromatic ring is 1. The number of carbonyl (C=O) groups excluding carboxylic acids is 2. The Morgan fingerprint density at radius 2 is 1.96 bits per heavy atom. The Balaban J connectivity index is 3.12. The van der Waals surface area contributed by atoms with Crippen LogP contribution in [0.1, 0.15) is 37.6 Å². The molecule has 128 valence electrons. The van der Waals surface area contributed by atoms with Gasteiger partial charge in [-0.1, -0.05) is 32.4 Å². The number of carbonyl (C=O) groups is 2. The number of esters is 1. The average Bonchev–Trinajstić information content (AvgIpc) is 2.47. The molecule has 1 atom stereocenters. The van der Waals surface area contributed by atoms with Crippen molar-refractivity contribution < 1.29 is 14.3 Å². The van der Waals surface area contributed by atoms with Crippen LogP contribution in [0.5, 0.6) is 0 Å². The Kier molecular flexibility index (Phi) is 6.27. The molecule has 1 amide bonds. The molecule has 4 N–H and O–H groups in total. The number of ether oxygens (including phenoxy) is 1. The summed E-state index contributed by atoms with van der Waals surface area (Å²) in [4.78, 5) is 23.4. The van der Waals surface area contributed by atoms with E-state index in [4.69, 9.17) is 22.1 Å². The van der Waals surface area contributed by atoms with Crippen molar-refractivity contribution in [1.29, 1.82) is 0 Å². The predicted molar refractivity (Wildman–Crippen MR) is 92.8 cm³/mol. The predicted octanol–water partition coefficient (Wildman–Crippen LogP) is 2.67. The van der Waals surface area contributed by atoms with Gasteiger partial charge in [-0.25, -0.2) is 0 Å². The van der Waals surface area contributed by atoms with E-state index in [1.54, 1.807) is 6.07 Å². The summed E-state index contributed by atoms with van der Waals surface area (Å²) in [6.07, 6.45) is 0.189. The van der Waals surface area contributed by atoms with Crippen molar-refractivity contribution >= 4 is 34.9 Å². The molecule has 0 bridgehead atoms. The molecule has 6 nitrogen and oxygen atoms in total. The first-order chi connectivity index (χ1) is 10.6. The van der Waals surface area contributed by atoms with E-state index in [2.05, 4.69) is 10.6 Å². The van der Waals surface area contributed by atoms with Gasteiger partial charge < -0.3 is 21.1 Å². The summed E-state index contributed by atoms with van der Waals surface area (Å²) in [5.41, 5.74) is 7.06. The highest BCUT2D eigenvalue weighted by Gasteiger charge is 2.28. The van der Waals surface area contributed by atoms with Crippen molar-refractivity contribution in [2.75, 3.05) is 25.2 Å². The van der Waals surface area contributed by atoms with Gasteiger partial charge in [-0.05, 0) is 17.5 Å². The van der Waals surface area contributed by atoms with Crippen molar-refractivity contribution in [3.05, 3.63) is 22.7 Å². The summed E-state index contributed by atoms with van der Waals surface area (Å²) in [5, 5.41) is 6.03. The van der Waals surface area contributed by atoms with E-state index >= 15 is 0 Å². The van der Waals surface area contributed by atoms with Crippen molar-refractivity contribution in [3.63, 3.8) is 0 Å². The van der Waals surface area contributed by atoms with Crippen LogP contribution in [0.2, 0.25) is 5.02 Å². The lowest BCUT2D eigenvalue weighted by atomic mass is 9.84. The van der Waals surface area contributed by atoms with Crippen molar-refractivity contribution in [3.8, 4) is 0 Å². The third-order valence-corrected chi connectivity index (χ3v) is 3.90. The van der Waals surface area contributed by atoms with E-state index in [1.165, 1.54) is 20.2 Å². The second kappa shape index (κ2) is 7.55. The van der Waals surface area contributed by atoms with E-state index in [0.29, 0.717) is 16.9 Å². The number of hydrogen-bond donors (Lipinski definition) is 3. The van der Waals surface area contributed by atoms with Crippen molar-refractivity contribution in [2.24, 2.45) is 5.41 Å². The Bertz CT molecular complexity index is 597. The van der Waals surface area contributed by atoms with Crippen molar-refractivity contribution in [1.82, 2.24) is 5.32 Å². The molecule has 1 aromatic carbocycles. The number of nitrogens with two attached hydrogens (primary N) is 1. The first-order valence-electron chi connectivity index (χ1n) is 7.24. The van der Waals surface area contributed by atoms with Gasteiger partial charge in [0.15, 0.2) is 0 Å². The highest BCUT2D eigenvalue weighted by atomic mass is 35.5. The maximum absolute atomic E-state index is 11.7. The first-order valence-corrected chi connectivity index (χ1v) is 7.62. The van der Waals surface area contributed by atoms with E-state index in [1.807, 2.05) is 20.8 Å². The van der Waals surface area contributed by atoms with E-state index in [-0.39, 0.29) is 34.8 Å². The summed E-state index contributed by atoms with van der Waals surface area (Å²) in [6, 6.07) is 2.90. The molecule has 0 heterocycles. The first kappa shape index (κ1) is 19.1. The van der Waals surface area contributed by atoms with Gasteiger partial charge >= 0.3 is 5.97 Å². The molecule has 0 saturated heterocycles. The highest BCUT2D eigenvalue weighted by Crippen LogP contribution is 2.32. The molecule has 0 fully saturated rings. The van der Waals surface area contributed by atoms with Gasteiger partial charge in [0.1, 0.15) is 0 Å². The SMILES string of the molecule is CNC(=O)c1cc(N)c(N[C@@H](CC(=O)OC)C(C)(C)C)cc1Cl. The summed E-state index contributed by atoms with van der Waals surface area (Å²) in [5.74, 6) is -0.626. The van der Waals surface area contributed by atoms with Gasteiger partial charge in [-0.3, -0.25) is 9.59 Å². The topological polar surface area (TPSA) is 93.5 Å². The van der Waals surface area contributed by atoms with Gasteiger partial charge in [0, 0.05) is 13.1 Å². The van der Waals surface area contributed by atoms with E-state index in [9.17, 15) is 9.59 Å². The number of anilines is 2. The zero-order valence-electron chi connectivity index (χ0n) is 14.1. The molecule has 0 aliphatic heterocycles. The Labute approximate surface area is 141 Å². The number of halogens is 1. The second-order valence-corrected chi connectivity index (χ2v) is 6.75. The fourth-order valence-corrected chi connectivity index (χ4v) is 2.28. The van der Waals surface area contributed by atoms with Crippen LogP contribution in [0.15, 0.2) is 12.1 Å². The smallest absolute Gasteiger partial charge is 0.307 e. The monoisotopic (exact) mass is 341 g/mol. The van der Waals surface area contributed by atoms with Crippen LogP contribution >= 0.6 is 11.6 Å². The second-order valence-electron chi connectivity index (χ2n) is 6.34. The maximum Gasteiger partial charge on any atom is 0.307 e. The summed E-state index contributed by atoms with van der Waals surface area (Å²) < 4.78 is 4.74. The number of amides is 1. The third kappa shape index (κ3) is 5.03. The summed E-state index contributed by atoms with van der Waals surface area (Å²) >= 11 is 6.16. The Hall–Kier alpha value is -1.95. The largest absolute Gasteiger partial charge is 0.469 e. The average molecular weight is 342 g/mol. The normalized spacial score (nSPS) is 12.4. The van der Waals surface area contributed by atoms with Crippen LogP contribution in [-0.2, 0) is 9.53 Å². The Morgan fingerprint density at radius 3 is 2.43 bits per heavy atom. The lowest BCUT2D eigenvalue weighted by Gasteiger charge is -2.32. The zero-order valence-corrected chi connectivity index (χ0v) is 14.9. The van der Waals surface area contributed by atoms with Gasteiger partial charge in [0.05, 0.1) is 35.5 Å². The highest BCUT2D eigenvalue weighted by molar-refractivity contribution is 6.34.